The van der Waals surface area contributed by atoms with Gasteiger partial charge in [0.25, 0.3) is 5.91 Å². The minimum absolute atomic E-state index is 0.00674. The number of benzene rings is 1. The zero-order valence-corrected chi connectivity index (χ0v) is 15.4. The third-order valence-electron chi connectivity index (χ3n) is 4.34. The van der Waals surface area contributed by atoms with Gasteiger partial charge in [0.05, 0.1) is 4.90 Å². The first-order valence-corrected chi connectivity index (χ1v) is 10.3. The maximum atomic E-state index is 12.5. The summed E-state index contributed by atoms with van der Waals surface area (Å²) >= 11 is 0. The van der Waals surface area contributed by atoms with Crippen LogP contribution in [-0.4, -0.2) is 26.9 Å². The highest BCUT2D eigenvalue weighted by atomic mass is 32.2. The lowest BCUT2D eigenvalue weighted by molar-refractivity contribution is 0.0952. The summed E-state index contributed by atoms with van der Waals surface area (Å²) < 4.78 is 27.8. The van der Waals surface area contributed by atoms with E-state index in [1.165, 1.54) is 18.6 Å². The molecule has 0 aliphatic heterocycles. The van der Waals surface area contributed by atoms with Crippen molar-refractivity contribution in [1.82, 2.24) is 10.0 Å². The second-order valence-corrected chi connectivity index (χ2v) is 8.64. The number of carbonyl (C=O) groups excluding carboxylic acids is 1. The van der Waals surface area contributed by atoms with E-state index < -0.39 is 10.0 Å². The van der Waals surface area contributed by atoms with Crippen LogP contribution in [0.3, 0.4) is 0 Å². The molecule has 0 spiro atoms. The van der Waals surface area contributed by atoms with E-state index in [1.54, 1.807) is 12.1 Å². The van der Waals surface area contributed by atoms with Crippen molar-refractivity contribution < 1.29 is 13.2 Å². The van der Waals surface area contributed by atoms with E-state index in [9.17, 15) is 13.2 Å². The molecule has 1 aliphatic carbocycles. The third kappa shape index (κ3) is 5.60. The van der Waals surface area contributed by atoms with Crippen molar-refractivity contribution >= 4 is 15.9 Å². The number of amides is 1. The number of nitrogens with one attached hydrogen (secondary N) is 2. The van der Waals surface area contributed by atoms with Crippen LogP contribution in [0.4, 0.5) is 0 Å². The van der Waals surface area contributed by atoms with Crippen molar-refractivity contribution in [3.63, 3.8) is 0 Å². The minimum Gasteiger partial charge on any atom is -0.352 e. The van der Waals surface area contributed by atoms with E-state index in [4.69, 9.17) is 0 Å². The molecule has 24 heavy (non-hydrogen) atoms. The average Bonchev–Trinajstić information content (AvgIpc) is 2.55. The summed E-state index contributed by atoms with van der Waals surface area (Å²) in [6, 6.07) is 6.26. The third-order valence-corrected chi connectivity index (χ3v) is 5.86. The summed E-state index contributed by atoms with van der Waals surface area (Å²) in [6.07, 6.45) is 5.96. The highest BCUT2D eigenvalue weighted by Crippen LogP contribution is 2.20. The molecule has 1 amide bonds. The maximum Gasteiger partial charge on any atom is 0.251 e. The first kappa shape index (κ1) is 18.9. The summed E-state index contributed by atoms with van der Waals surface area (Å²) in [5.74, 6) is 0.280. The molecule has 2 N–H and O–H groups in total. The van der Waals surface area contributed by atoms with E-state index >= 15 is 0 Å². The molecule has 6 heteroatoms. The molecule has 134 valence electrons. The van der Waals surface area contributed by atoms with E-state index in [0.29, 0.717) is 18.0 Å². The van der Waals surface area contributed by atoms with E-state index in [0.717, 1.165) is 32.1 Å². The first-order valence-electron chi connectivity index (χ1n) is 8.79. The molecular weight excluding hydrogens is 324 g/mol. The number of sulfonamides is 1. The second-order valence-electron chi connectivity index (χ2n) is 6.92. The fraction of sp³-hybridized carbons (Fsp3) is 0.611. The Morgan fingerprint density at radius 3 is 2.58 bits per heavy atom. The predicted octanol–water partition coefficient (Wildman–Crippen LogP) is 3.07. The standard InChI is InChI=1S/C18H28N2O3S/c1-14(2)11-12-19-18(21)15-7-6-10-17(13-15)24(22,23)20-16-8-4-3-5-9-16/h6-7,10,13-14,16,20H,3-5,8-9,11-12H2,1-2H3,(H,19,21). The Labute approximate surface area is 145 Å². The van der Waals surface area contributed by atoms with Crippen molar-refractivity contribution in [3.8, 4) is 0 Å². The van der Waals surface area contributed by atoms with Crippen LogP contribution in [0.15, 0.2) is 29.2 Å². The maximum absolute atomic E-state index is 12.5. The summed E-state index contributed by atoms with van der Waals surface area (Å²) in [5, 5.41) is 2.84. The van der Waals surface area contributed by atoms with Crippen LogP contribution < -0.4 is 10.0 Å². The SMILES string of the molecule is CC(C)CCNC(=O)c1cccc(S(=O)(=O)NC2CCCCC2)c1. The highest BCUT2D eigenvalue weighted by Gasteiger charge is 2.22. The Morgan fingerprint density at radius 1 is 1.21 bits per heavy atom. The molecular formula is C18H28N2O3S. The molecule has 1 aliphatic rings. The lowest BCUT2D eigenvalue weighted by atomic mass is 9.96. The van der Waals surface area contributed by atoms with E-state index in [2.05, 4.69) is 23.9 Å². The summed E-state index contributed by atoms with van der Waals surface area (Å²) in [6.45, 7) is 4.78. The molecule has 0 saturated heterocycles. The van der Waals surface area contributed by atoms with Crippen molar-refractivity contribution in [1.29, 1.82) is 0 Å². The lowest BCUT2D eigenvalue weighted by Gasteiger charge is -2.22. The molecule has 0 heterocycles. The van der Waals surface area contributed by atoms with Gasteiger partial charge in [-0.2, -0.15) is 0 Å². The monoisotopic (exact) mass is 352 g/mol. The van der Waals surface area contributed by atoms with Crippen molar-refractivity contribution in [2.45, 2.75) is 63.3 Å². The smallest absolute Gasteiger partial charge is 0.251 e. The zero-order valence-electron chi connectivity index (χ0n) is 14.5. The molecule has 1 aromatic carbocycles. The molecule has 1 aromatic rings. The van der Waals surface area contributed by atoms with Crippen LogP contribution >= 0.6 is 0 Å². The molecule has 0 radical (unpaired) electrons. The fourth-order valence-corrected chi connectivity index (χ4v) is 4.24. The van der Waals surface area contributed by atoms with E-state index in [1.807, 2.05) is 0 Å². The van der Waals surface area contributed by atoms with E-state index in [-0.39, 0.29) is 16.8 Å². The van der Waals surface area contributed by atoms with Gasteiger partial charge < -0.3 is 5.32 Å². The molecule has 1 fully saturated rings. The minimum atomic E-state index is -3.58. The van der Waals surface area contributed by atoms with Gasteiger partial charge in [-0.25, -0.2) is 13.1 Å². The number of rotatable bonds is 7. The van der Waals surface area contributed by atoms with Crippen molar-refractivity contribution in [2.75, 3.05) is 6.54 Å². The lowest BCUT2D eigenvalue weighted by Crippen LogP contribution is -2.36. The molecule has 2 rings (SSSR count). The van der Waals surface area contributed by atoms with Crippen LogP contribution in [0.5, 0.6) is 0 Å². The zero-order chi connectivity index (χ0) is 17.6. The molecule has 1 saturated carbocycles. The van der Waals surface area contributed by atoms with Crippen LogP contribution in [0.25, 0.3) is 0 Å². The van der Waals surface area contributed by atoms with Crippen LogP contribution in [0.2, 0.25) is 0 Å². The predicted molar refractivity (Wildman–Crippen MR) is 95.4 cm³/mol. The molecule has 0 aromatic heterocycles. The molecule has 0 atom stereocenters. The Kier molecular flexibility index (Phi) is 6.80. The second kappa shape index (κ2) is 8.62. The van der Waals surface area contributed by atoms with Crippen LogP contribution in [0.1, 0.15) is 62.7 Å². The van der Waals surface area contributed by atoms with Gasteiger partial charge in [-0.3, -0.25) is 4.79 Å². The molecule has 0 bridgehead atoms. The Balaban J connectivity index is 2.03. The molecule has 0 unspecified atom stereocenters. The summed E-state index contributed by atoms with van der Waals surface area (Å²) in [7, 11) is -3.58. The highest BCUT2D eigenvalue weighted by molar-refractivity contribution is 7.89. The van der Waals surface area contributed by atoms with Crippen molar-refractivity contribution in [3.05, 3.63) is 29.8 Å². The average molecular weight is 353 g/mol. The number of hydrogen-bond acceptors (Lipinski definition) is 3. The largest absolute Gasteiger partial charge is 0.352 e. The van der Waals surface area contributed by atoms with Gasteiger partial charge in [-0.05, 0) is 43.4 Å². The van der Waals surface area contributed by atoms with Gasteiger partial charge in [-0.1, -0.05) is 39.2 Å². The van der Waals surface area contributed by atoms with Gasteiger partial charge in [0.2, 0.25) is 10.0 Å². The Bertz CT molecular complexity index is 650. The van der Waals surface area contributed by atoms with Gasteiger partial charge >= 0.3 is 0 Å². The Morgan fingerprint density at radius 2 is 1.92 bits per heavy atom. The van der Waals surface area contributed by atoms with Crippen LogP contribution in [-0.2, 0) is 10.0 Å². The van der Waals surface area contributed by atoms with Gasteiger partial charge in [0.15, 0.2) is 0 Å². The van der Waals surface area contributed by atoms with Gasteiger partial charge in [-0.15, -0.1) is 0 Å². The van der Waals surface area contributed by atoms with Gasteiger partial charge in [0.1, 0.15) is 0 Å². The topological polar surface area (TPSA) is 75.3 Å². The van der Waals surface area contributed by atoms with Crippen LogP contribution in [0, 0.1) is 5.92 Å². The summed E-state index contributed by atoms with van der Waals surface area (Å²) in [4.78, 5) is 12.3. The summed E-state index contributed by atoms with van der Waals surface area (Å²) in [5.41, 5.74) is 0.380. The Hall–Kier alpha value is -1.40. The fourth-order valence-electron chi connectivity index (χ4n) is 2.89. The normalized spacial score (nSPS) is 16.3. The van der Waals surface area contributed by atoms with Gasteiger partial charge in [0, 0.05) is 18.2 Å². The first-order chi connectivity index (χ1) is 11.4. The molecule has 5 nitrogen and oxygen atoms in total. The quantitative estimate of drug-likeness (QED) is 0.792. The van der Waals surface area contributed by atoms with Crippen molar-refractivity contribution in [2.24, 2.45) is 5.92 Å². The number of carbonyl (C=O) groups is 1. The number of hydrogen-bond donors (Lipinski definition) is 2.